The van der Waals surface area contributed by atoms with Crippen molar-refractivity contribution in [2.75, 3.05) is 0 Å². The van der Waals surface area contributed by atoms with E-state index in [2.05, 4.69) is 10.1 Å². The number of hydrogen-bond donors (Lipinski definition) is 1. The van der Waals surface area contributed by atoms with E-state index in [9.17, 15) is 9.90 Å². The Balaban J connectivity index is 2.34. The number of nitrogens with zero attached hydrogens (tertiary/aromatic N) is 3. The number of rotatable bonds is 4. The first-order chi connectivity index (χ1) is 9.17. The van der Waals surface area contributed by atoms with Crippen molar-refractivity contribution in [1.29, 1.82) is 0 Å². The Labute approximate surface area is 114 Å². The molecule has 5 heteroatoms. The smallest absolute Gasteiger partial charge is 0.308 e. The maximum Gasteiger partial charge on any atom is 0.308 e. The molecule has 0 aliphatic heterocycles. The number of aromatic nitrogens is 3. The zero-order valence-electron chi connectivity index (χ0n) is 11.8. The summed E-state index contributed by atoms with van der Waals surface area (Å²) in [6.45, 7) is 4.08. The summed E-state index contributed by atoms with van der Waals surface area (Å²) in [5.74, 6) is 0.738. The molecule has 1 aromatic rings. The van der Waals surface area contributed by atoms with Crippen LogP contribution in [0.3, 0.4) is 0 Å². The van der Waals surface area contributed by atoms with Crippen molar-refractivity contribution >= 4 is 5.97 Å². The summed E-state index contributed by atoms with van der Waals surface area (Å²) >= 11 is 0. The van der Waals surface area contributed by atoms with Crippen LogP contribution in [0.4, 0.5) is 0 Å². The molecule has 5 nitrogen and oxygen atoms in total. The summed E-state index contributed by atoms with van der Waals surface area (Å²) < 4.78 is 1.91. The number of carboxylic acid groups (broad SMARTS) is 1. The molecule has 19 heavy (non-hydrogen) atoms. The molecule has 2 rings (SSSR count). The van der Waals surface area contributed by atoms with Gasteiger partial charge in [0.2, 0.25) is 0 Å². The van der Waals surface area contributed by atoms with Gasteiger partial charge in [0, 0.05) is 12.8 Å². The van der Waals surface area contributed by atoms with Gasteiger partial charge in [0.1, 0.15) is 5.82 Å². The topological polar surface area (TPSA) is 68.0 Å². The Morgan fingerprint density at radius 1 is 1.26 bits per heavy atom. The van der Waals surface area contributed by atoms with E-state index in [0.29, 0.717) is 0 Å². The monoisotopic (exact) mass is 265 g/mol. The van der Waals surface area contributed by atoms with E-state index in [1.54, 1.807) is 0 Å². The predicted octanol–water partition coefficient (Wildman–Crippen LogP) is 2.61. The molecule has 0 radical (unpaired) electrons. The van der Waals surface area contributed by atoms with Crippen molar-refractivity contribution in [2.24, 2.45) is 5.92 Å². The van der Waals surface area contributed by atoms with Crippen LogP contribution in [0.15, 0.2) is 0 Å². The van der Waals surface area contributed by atoms with Gasteiger partial charge in [-0.3, -0.25) is 4.79 Å². The molecule has 106 valence electrons. The number of hydrogen-bond acceptors (Lipinski definition) is 3. The second kappa shape index (κ2) is 6.17. The molecule has 1 aliphatic carbocycles. The molecule has 1 aliphatic rings. The number of aliphatic carboxylic acids is 1. The van der Waals surface area contributed by atoms with Crippen molar-refractivity contribution in [2.45, 2.75) is 64.8 Å². The fraction of sp³-hybridized carbons (Fsp3) is 0.786. The summed E-state index contributed by atoms with van der Waals surface area (Å²) in [5, 5.41) is 14.0. The molecule has 0 aromatic carbocycles. The lowest BCUT2D eigenvalue weighted by Crippen LogP contribution is -2.27. The quantitative estimate of drug-likeness (QED) is 0.850. The molecule has 1 aromatic heterocycles. The molecule has 1 saturated carbocycles. The highest BCUT2D eigenvalue weighted by Gasteiger charge is 2.32. The van der Waals surface area contributed by atoms with Gasteiger partial charge in [0.15, 0.2) is 5.82 Å². The Bertz CT molecular complexity index is 442. The lowest BCUT2D eigenvalue weighted by molar-refractivity contribution is -0.143. The Kier molecular flexibility index (Phi) is 4.56. The molecular weight excluding hydrogens is 242 g/mol. The molecule has 1 N–H and O–H groups in total. The first kappa shape index (κ1) is 14.0. The van der Waals surface area contributed by atoms with Crippen molar-refractivity contribution in [3.63, 3.8) is 0 Å². The SMILES string of the molecule is CCc1nc(CC)n(C2CCCCCC2C(=O)O)n1. The van der Waals surface area contributed by atoms with Crippen molar-refractivity contribution in [3.8, 4) is 0 Å². The minimum Gasteiger partial charge on any atom is -0.481 e. The summed E-state index contributed by atoms with van der Waals surface area (Å²) in [5.41, 5.74) is 0. The van der Waals surface area contributed by atoms with Crippen LogP contribution in [0.5, 0.6) is 0 Å². The summed E-state index contributed by atoms with van der Waals surface area (Å²) in [6.07, 6.45) is 6.46. The fourth-order valence-corrected chi connectivity index (χ4v) is 2.93. The van der Waals surface area contributed by atoms with E-state index >= 15 is 0 Å². The Morgan fingerprint density at radius 2 is 2.00 bits per heavy atom. The molecule has 1 fully saturated rings. The van der Waals surface area contributed by atoms with Gasteiger partial charge in [0.25, 0.3) is 0 Å². The second-order valence-electron chi connectivity index (χ2n) is 5.25. The van der Waals surface area contributed by atoms with Crippen LogP contribution in [-0.4, -0.2) is 25.8 Å². The first-order valence-corrected chi connectivity index (χ1v) is 7.34. The van der Waals surface area contributed by atoms with Gasteiger partial charge >= 0.3 is 5.97 Å². The van der Waals surface area contributed by atoms with Crippen LogP contribution in [0, 0.1) is 5.92 Å². The van der Waals surface area contributed by atoms with Crippen LogP contribution in [0.2, 0.25) is 0 Å². The second-order valence-corrected chi connectivity index (χ2v) is 5.25. The third kappa shape index (κ3) is 2.96. The van der Waals surface area contributed by atoms with Gasteiger partial charge in [-0.05, 0) is 12.8 Å². The summed E-state index contributed by atoms with van der Waals surface area (Å²) in [4.78, 5) is 16.0. The van der Waals surface area contributed by atoms with Crippen LogP contribution < -0.4 is 0 Å². The minimum absolute atomic E-state index is 0.0252. The molecular formula is C14H23N3O2. The molecule has 2 unspecified atom stereocenters. The van der Waals surface area contributed by atoms with Gasteiger partial charge in [-0.15, -0.1) is 0 Å². The highest BCUT2D eigenvalue weighted by atomic mass is 16.4. The molecule has 1 heterocycles. The Hall–Kier alpha value is -1.39. The maximum atomic E-state index is 11.5. The van der Waals surface area contributed by atoms with Gasteiger partial charge in [0.05, 0.1) is 12.0 Å². The Morgan fingerprint density at radius 3 is 2.63 bits per heavy atom. The highest BCUT2D eigenvalue weighted by Crippen LogP contribution is 2.33. The summed E-state index contributed by atoms with van der Waals surface area (Å²) in [7, 11) is 0. The van der Waals surface area contributed by atoms with Crippen LogP contribution in [0.1, 0.15) is 63.6 Å². The van der Waals surface area contributed by atoms with E-state index in [4.69, 9.17) is 0 Å². The van der Waals surface area contributed by atoms with Crippen molar-refractivity contribution in [3.05, 3.63) is 11.6 Å². The third-order valence-electron chi connectivity index (χ3n) is 3.99. The lowest BCUT2D eigenvalue weighted by Gasteiger charge is -2.23. The van der Waals surface area contributed by atoms with Gasteiger partial charge < -0.3 is 5.11 Å². The lowest BCUT2D eigenvalue weighted by atomic mass is 9.95. The molecule has 0 amide bonds. The third-order valence-corrected chi connectivity index (χ3v) is 3.99. The average molecular weight is 265 g/mol. The van der Waals surface area contributed by atoms with E-state index in [-0.39, 0.29) is 12.0 Å². The average Bonchev–Trinajstić information content (AvgIpc) is 2.66. The van der Waals surface area contributed by atoms with Crippen molar-refractivity contribution in [1.82, 2.24) is 14.8 Å². The molecule has 0 spiro atoms. The normalized spacial score (nSPS) is 24.1. The zero-order valence-corrected chi connectivity index (χ0v) is 11.8. The summed E-state index contributed by atoms with van der Waals surface area (Å²) in [6, 6.07) is -0.0252. The molecule has 0 saturated heterocycles. The molecule has 0 bridgehead atoms. The highest BCUT2D eigenvalue weighted by molar-refractivity contribution is 5.70. The van der Waals surface area contributed by atoms with Crippen molar-refractivity contribution < 1.29 is 9.90 Å². The fourth-order valence-electron chi connectivity index (χ4n) is 2.93. The van der Waals surface area contributed by atoms with Crippen LogP contribution in [-0.2, 0) is 17.6 Å². The molecule has 2 atom stereocenters. The maximum absolute atomic E-state index is 11.5. The van der Waals surface area contributed by atoms with Crippen LogP contribution in [0.25, 0.3) is 0 Å². The van der Waals surface area contributed by atoms with Gasteiger partial charge in [-0.25, -0.2) is 9.67 Å². The van der Waals surface area contributed by atoms with E-state index < -0.39 is 5.97 Å². The van der Waals surface area contributed by atoms with E-state index in [0.717, 1.165) is 56.6 Å². The number of carboxylic acids is 1. The largest absolute Gasteiger partial charge is 0.481 e. The minimum atomic E-state index is -0.692. The number of carbonyl (C=O) groups is 1. The van der Waals surface area contributed by atoms with E-state index in [1.165, 1.54) is 0 Å². The predicted molar refractivity (Wildman–Crippen MR) is 72.0 cm³/mol. The van der Waals surface area contributed by atoms with E-state index in [1.807, 2.05) is 18.5 Å². The van der Waals surface area contributed by atoms with Gasteiger partial charge in [-0.1, -0.05) is 33.1 Å². The zero-order chi connectivity index (χ0) is 13.8. The number of aryl methyl sites for hydroxylation is 2. The first-order valence-electron chi connectivity index (χ1n) is 7.34. The van der Waals surface area contributed by atoms with Crippen LogP contribution >= 0.6 is 0 Å². The standard InChI is InChI=1S/C14H23N3O2/c1-3-12-15-13(4-2)17(16-12)11-9-7-5-6-8-10(11)14(18)19/h10-11H,3-9H2,1-2H3,(H,18,19). The van der Waals surface area contributed by atoms with Gasteiger partial charge in [-0.2, -0.15) is 5.10 Å².